The van der Waals surface area contributed by atoms with Crippen molar-refractivity contribution in [2.24, 2.45) is 0 Å². The average molecular weight is 325 g/mol. The van der Waals surface area contributed by atoms with E-state index in [1.807, 2.05) is 35.3 Å². The zero-order valence-corrected chi connectivity index (χ0v) is 13.7. The molecule has 0 saturated heterocycles. The van der Waals surface area contributed by atoms with Crippen molar-refractivity contribution in [3.05, 3.63) is 0 Å². The normalized spacial score (nSPS) is 13.5. The summed E-state index contributed by atoms with van der Waals surface area (Å²) >= 11 is 22.7. The van der Waals surface area contributed by atoms with Crippen molar-refractivity contribution < 1.29 is 0 Å². The Morgan fingerprint density at radius 2 is 1.57 bits per heavy atom. The minimum Gasteiger partial charge on any atom is -0.168 e. The van der Waals surface area contributed by atoms with Crippen molar-refractivity contribution in [1.82, 2.24) is 0 Å². The lowest BCUT2D eigenvalue weighted by atomic mass is 10.5. The first-order chi connectivity index (χ1) is 6.72. The summed E-state index contributed by atoms with van der Waals surface area (Å²) in [4.78, 5) is 0. The molecule has 0 heterocycles. The number of hydrogen-bond acceptors (Lipinski definition) is 7. The van der Waals surface area contributed by atoms with E-state index in [-0.39, 0.29) is 4.58 Å². The molecule has 0 nitrogen and oxygen atoms in total. The third-order valence-corrected chi connectivity index (χ3v) is 6.80. The monoisotopic (exact) mass is 324 g/mol. The summed E-state index contributed by atoms with van der Waals surface area (Å²) in [5.74, 6) is 3.39. The predicted molar refractivity (Wildman–Crippen MR) is 90.6 cm³/mol. The summed E-state index contributed by atoms with van der Waals surface area (Å²) in [6.45, 7) is 0. The van der Waals surface area contributed by atoms with Crippen molar-refractivity contribution in [2.45, 2.75) is 9.83 Å². The molecule has 0 aliphatic carbocycles. The topological polar surface area (TPSA) is 0 Å². The molecule has 0 spiro atoms. The lowest BCUT2D eigenvalue weighted by Gasteiger charge is -2.18. The van der Waals surface area contributed by atoms with Crippen molar-refractivity contribution in [3.8, 4) is 0 Å². The van der Waals surface area contributed by atoms with Crippen LogP contribution in [0.15, 0.2) is 0 Å². The Bertz CT molecular complexity index is 119. The quantitative estimate of drug-likeness (QED) is 0.291. The van der Waals surface area contributed by atoms with Crippen LogP contribution in [-0.2, 0) is 0 Å². The van der Waals surface area contributed by atoms with Crippen LogP contribution in [0.5, 0.6) is 0 Å². The van der Waals surface area contributed by atoms with Crippen LogP contribution in [0.25, 0.3) is 0 Å². The van der Waals surface area contributed by atoms with E-state index in [2.05, 4.69) is 50.5 Å². The van der Waals surface area contributed by atoms with Crippen molar-refractivity contribution in [3.63, 3.8) is 0 Å². The molecule has 0 aliphatic rings. The second-order valence-electron chi connectivity index (χ2n) is 2.36. The SMILES string of the molecule is SCSCCSC(CSCS)C(S)S. The van der Waals surface area contributed by atoms with E-state index in [4.69, 9.17) is 0 Å². The van der Waals surface area contributed by atoms with E-state index in [1.54, 1.807) is 0 Å². The molecule has 14 heavy (non-hydrogen) atoms. The van der Waals surface area contributed by atoms with Crippen molar-refractivity contribution in [1.29, 1.82) is 0 Å². The molecule has 0 radical (unpaired) electrons. The van der Waals surface area contributed by atoms with Gasteiger partial charge in [-0.1, -0.05) is 0 Å². The second-order valence-corrected chi connectivity index (χ2v) is 8.85. The maximum Gasteiger partial charge on any atom is 0.0568 e. The van der Waals surface area contributed by atoms with E-state index in [0.717, 1.165) is 27.4 Å². The largest absolute Gasteiger partial charge is 0.168 e. The molecule has 1 atom stereocenters. The van der Waals surface area contributed by atoms with Gasteiger partial charge in [-0.2, -0.15) is 85.8 Å². The molecule has 0 aliphatic heterocycles. The summed E-state index contributed by atoms with van der Waals surface area (Å²) in [5.41, 5.74) is 0. The van der Waals surface area contributed by atoms with Crippen molar-refractivity contribution >= 4 is 85.8 Å². The number of rotatable bonds is 9. The standard InChI is InChI=1S/C7H16S7/c8-4-12-1-2-14-6(7(10)11)3-13-5-9/h6-11H,1-5H2. The van der Waals surface area contributed by atoms with Crippen LogP contribution in [0.3, 0.4) is 0 Å². The number of hydrogen-bond donors (Lipinski definition) is 4. The number of thioether (sulfide) groups is 3. The second kappa shape index (κ2) is 11.9. The molecule has 0 aromatic carbocycles. The van der Waals surface area contributed by atoms with Gasteiger partial charge in [-0.3, -0.25) is 0 Å². The van der Waals surface area contributed by atoms with E-state index in [0.29, 0.717) is 5.25 Å². The van der Waals surface area contributed by atoms with Gasteiger partial charge in [0.2, 0.25) is 0 Å². The lowest BCUT2D eigenvalue weighted by Crippen LogP contribution is -2.16. The molecule has 0 aromatic rings. The molecular formula is C7H16S7. The smallest absolute Gasteiger partial charge is 0.0568 e. The van der Waals surface area contributed by atoms with Gasteiger partial charge in [0.1, 0.15) is 0 Å². The summed E-state index contributed by atoms with van der Waals surface area (Å²) in [6, 6.07) is 0. The summed E-state index contributed by atoms with van der Waals surface area (Å²) in [6.07, 6.45) is 0. The Hall–Kier alpha value is 2.45. The fourth-order valence-corrected chi connectivity index (χ4v) is 5.09. The lowest BCUT2D eigenvalue weighted by molar-refractivity contribution is 1.11. The van der Waals surface area contributed by atoms with Gasteiger partial charge < -0.3 is 0 Å². The van der Waals surface area contributed by atoms with Crippen LogP contribution >= 0.6 is 85.8 Å². The Balaban J connectivity index is 3.52. The van der Waals surface area contributed by atoms with Gasteiger partial charge in [0.25, 0.3) is 0 Å². The molecule has 7 heteroatoms. The van der Waals surface area contributed by atoms with Gasteiger partial charge in [0, 0.05) is 32.7 Å². The van der Waals surface area contributed by atoms with Gasteiger partial charge in [-0.25, -0.2) is 0 Å². The highest BCUT2D eigenvalue weighted by Crippen LogP contribution is 2.26. The maximum atomic E-state index is 4.37. The summed E-state index contributed by atoms with van der Waals surface area (Å²) < 4.78 is 0.161. The number of thiol groups is 4. The van der Waals surface area contributed by atoms with E-state index in [1.165, 1.54) is 0 Å². The highest BCUT2D eigenvalue weighted by Gasteiger charge is 2.14. The molecule has 86 valence electrons. The van der Waals surface area contributed by atoms with Crippen molar-refractivity contribution in [2.75, 3.05) is 27.4 Å². The Morgan fingerprint density at radius 3 is 2.07 bits per heavy atom. The highest BCUT2D eigenvalue weighted by atomic mass is 32.2. The van der Waals surface area contributed by atoms with E-state index in [9.17, 15) is 0 Å². The fourth-order valence-electron chi connectivity index (χ4n) is 0.712. The molecule has 0 N–H and O–H groups in total. The van der Waals surface area contributed by atoms with E-state index >= 15 is 0 Å². The summed E-state index contributed by atoms with van der Waals surface area (Å²) in [5, 5.41) is 2.29. The third-order valence-electron chi connectivity index (χ3n) is 1.36. The van der Waals surface area contributed by atoms with E-state index < -0.39 is 0 Å². The van der Waals surface area contributed by atoms with Crippen LogP contribution in [0.4, 0.5) is 0 Å². The predicted octanol–water partition coefficient (Wildman–Crippen LogP) is 3.51. The van der Waals surface area contributed by atoms with Gasteiger partial charge >= 0.3 is 0 Å². The first-order valence-corrected chi connectivity index (χ1v) is 9.73. The first kappa shape index (κ1) is 16.4. The van der Waals surface area contributed by atoms with Crippen LogP contribution in [-0.4, -0.2) is 37.3 Å². The van der Waals surface area contributed by atoms with Gasteiger partial charge in [-0.05, 0) is 0 Å². The molecule has 0 bridgehead atoms. The molecule has 0 rings (SSSR count). The Kier molecular flexibility index (Phi) is 14.0. The molecule has 0 fully saturated rings. The molecule has 0 amide bonds. The molecule has 0 aromatic heterocycles. The zero-order chi connectivity index (χ0) is 10.8. The van der Waals surface area contributed by atoms with Crippen LogP contribution < -0.4 is 0 Å². The molecule has 0 saturated carbocycles. The van der Waals surface area contributed by atoms with Crippen LogP contribution in [0.2, 0.25) is 0 Å². The zero-order valence-electron chi connectivity index (χ0n) is 7.70. The van der Waals surface area contributed by atoms with Gasteiger partial charge in [-0.15, -0.1) is 0 Å². The van der Waals surface area contributed by atoms with Gasteiger partial charge in [0.05, 0.1) is 4.58 Å². The highest BCUT2D eigenvalue weighted by molar-refractivity contribution is 8.12. The molecular weight excluding hydrogens is 309 g/mol. The fraction of sp³-hybridized carbons (Fsp3) is 1.00. The Labute approximate surface area is 122 Å². The minimum absolute atomic E-state index is 0.161. The van der Waals surface area contributed by atoms with Crippen LogP contribution in [0.1, 0.15) is 0 Å². The third kappa shape index (κ3) is 9.66. The van der Waals surface area contributed by atoms with Crippen LogP contribution in [0, 0.1) is 0 Å². The first-order valence-electron chi connectivity index (χ1n) is 4.07. The minimum atomic E-state index is 0.161. The average Bonchev–Trinajstić information content (AvgIpc) is 2.16. The van der Waals surface area contributed by atoms with Gasteiger partial charge in [0.15, 0.2) is 0 Å². The Morgan fingerprint density at radius 1 is 0.929 bits per heavy atom. The maximum absolute atomic E-state index is 4.37. The molecule has 1 unspecified atom stereocenters. The summed E-state index contributed by atoms with van der Waals surface area (Å²) in [7, 11) is 0.